The molecule has 0 saturated heterocycles. The first-order valence-corrected chi connectivity index (χ1v) is 7.51. The van der Waals surface area contributed by atoms with E-state index >= 15 is 0 Å². The summed E-state index contributed by atoms with van der Waals surface area (Å²) in [5, 5.41) is 11.8. The van der Waals surface area contributed by atoms with Crippen LogP contribution in [0.3, 0.4) is 0 Å². The van der Waals surface area contributed by atoms with Crippen LogP contribution in [-0.2, 0) is 4.79 Å². The highest BCUT2D eigenvalue weighted by atomic mass is 35.5. The number of hydrogen-bond donors (Lipinski definition) is 2. The Kier molecular flexibility index (Phi) is 8.29. The second-order valence-corrected chi connectivity index (χ2v) is 5.34. The molecule has 0 unspecified atom stereocenters. The normalized spacial score (nSPS) is 10.8. The summed E-state index contributed by atoms with van der Waals surface area (Å²) in [7, 11) is 0. The molecule has 4 nitrogen and oxygen atoms in total. The van der Waals surface area contributed by atoms with Gasteiger partial charge in [0.2, 0.25) is 5.91 Å². The molecule has 1 aromatic heterocycles. The van der Waals surface area contributed by atoms with Crippen LogP contribution in [0.5, 0.6) is 0 Å². The van der Waals surface area contributed by atoms with E-state index in [1.165, 1.54) is 6.08 Å². The lowest BCUT2D eigenvalue weighted by molar-refractivity contribution is -0.116. The molecule has 0 saturated carbocycles. The number of carbonyl (C=O) groups excluding carboxylic acids is 1. The lowest BCUT2D eigenvalue weighted by Gasteiger charge is -2.01. The fourth-order valence-electron chi connectivity index (χ4n) is 1.27. The molecule has 6 heteroatoms. The average molecular weight is 301 g/mol. The average Bonchev–Trinajstić information content (AvgIpc) is 2.40. The number of halogens is 1. The molecule has 104 valence electrons. The van der Waals surface area contributed by atoms with Crippen molar-refractivity contribution in [3.8, 4) is 0 Å². The van der Waals surface area contributed by atoms with Gasteiger partial charge >= 0.3 is 0 Å². The van der Waals surface area contributed by atoms with Crippen LogP contribution in [0.1, 0.15) is 12.0 Å². The third-order valence-electron chi connectivity index (χ3n) is 2.17. The van der Waals surface area contributed by atoms with Gasteiger partial charge in [-0.2, -0.15) is 11.8 Å². The van der Waals surface area contributed by atoms with E-state index in [1.54, 1.807) is 36.2 Å². The summed E-state index contributed by atoms with van der Waals surface area (Å²) in [6, 6.07) is 3.47. The molecule has 2 N–H and O–H groups in total. The van der Waals surface area contributed by atoms with Gasteiger partial charge in [0.25, 0.3) is 0 Å². The van der Waals surface area contributed by atoms with Crippen LogP contribution in [0.15, 0.2) is 24.4 Å². The quantitative estimate of drug-likeness (QED) is 0.438. The second-order valence-electron chi connectivity index (χ2n) is 3.73. The Hall–Kier alpha value is -1.04. The molecule has 0 aromatic carbocycles. The summed E-state index contributed by atoms with van der Waals surface area (Å²) >= 11 is 7.45. The molecule has 0 aliphatic heterocycles. The van der Waals surface area contributed by atoms with E-state index in [-0.39, 0.29) is 12.5 Å². The first kappa shape index (κ1) is 16.0. The Morgan fingerprint density at radius 2 is 2.37 bits per heavy atom. The van der Waals surface area contributed by atoms with Crippen molar-refractivity contribution in [2.45, 2.75) is 6.42 Å². The fraction of sp³-hybridized carbons (Fsp3) is 0.385. The first-order valence-electron chi connectivity index (χ1n) is 5.98. The molecule has 0 bridgehead atoms. The second kappa shape index (κ2) is 9.83. The van der Waals surface area contributed by atoms with E-state index in [1.807, 2.05) is 0 Å². The summed E-state index contributed by atoms with van der Waals surface area (Å²) in [5.74, 6) is 1.63. The number of carbonyl (C=O) groups is 1. The highest BCUT2D eigenvalue weighted by Gasteiger charge is 1.96. The number of pyridine rings is 1. The van der Waals surface area contributed by atoms with Crippen molar-refractivity contribution in [3.63, 3.8) is 0 Å². The number of aromatic nitrogens is 1. The van der Waals surface area contributed by atoms with Gasteiger partial charge in [-0.1, -0.05) is 11.6 Å². The van der Waals surface area contributed by atoms with E-state index < -0.39 is 0 Å². The van der Waals surface area contributed by atoms with Crippen molar-refractivity contribution >= 4 is 35.3 Å². The molecule has 1 heterocycles. The van der Waals surface area contributed by atoms with Crippen molar-refractivity contribution in [1.29, 1.82) is 0 Å². The van der Waals surface area contributed by atoms with Crippen molar-refractivity contribution in [3.05, 3.63) is 35.1 Å². The molecule has 0 fully saturated rings. The highest BCUT2D eigenvalue weighted by Crippen LogP contribution is 2.08. The van der Waals surface area contributed by atoms with Gasteiger partial charge in [0.05, 0.1) is 0 Å². The molecule has 0 radical (unpaired) electrons. The van der Waals surface area contributed by atoms with Crippen LogP contribution in [0.25, 0.3) is 6.08 Å². The van der Waals surface area contributed by atoms with Crippen LogP contribution in [0, 0.1) is 0 Å². The van der Waals surface area contributed by atoms with E-state index in [0.29, 0.717) is 11.7 Å². The molecule has 0 atom stereocenters. The molecule has 1 aromatic rings. The van der Waals surface area contributed by atoms with Crippen LogP contribution in [0.4, 0.5) is 0 Å². The van der Waals surface area contributed by atoms with Gasteiger partial charge in [-0.15, -0.1) is 0 Å². The molecular weight excluding hydrogens is 284 g/mol. The van der Waals surface area contributed by atoms with Crippen LogP contribution in [-0.4, -0.2) is 40.7 Å². The zero-order chi connectivity index (χ0) is 13.9. The summed E-state index contributed by atoms with van der Waals surface area (Å²) in [4.78, 5) is 15.4. The number of amides is 1. The van der Waals surface area contributed by atoms with Crippen LogP contribution < -0.4 is 5.32 Å². The lowest BCUT2D eigenvalue weighted by atomic mass is 10.2. The number of rotatable bonds is 8. The maximum absolute atomic E-state index is 11.5. The third kappa shape index (κ3) is 7.87. The van der Waals surface area contributed by atoms with Gasteiger partial charge < -0.3 is 10.4 Å². The molecule has 0 aliphatic carbocycles. The number of aliphatic hydroxyl groups excluding tert-OH is 1. The van der Waals surface area contributed by atoms with Crippen molar-refractivity contribution in [2.24, 2.45) is 0 Å². The Labute approximate surface area is 122 Å². The van der Waals surface area contributed by atoms with E-state index in [9.17, 15) is 4.79 Å². The number of nitrogens with zero attached hydrogens (tertiary/aromatic N) is 1. The number of aliphatic hydroxyl groups is 1. The minimum atomic E-state index is -0.129. The zero-order valence-electron chi connectivity index (χ0n) is 10.5. The molecule has 0 aliphatic rings. The number of nitrogens with one attached hydrogen (secondary N) is 1. The standard InChI is InChI=1S/C13H17ClN2O2S/c14-12-10-11(4-5-15-12)2-3-13(18)16-6-9-19-8-1-7-17/h2-5,10,17H,1,6-9H2,(H,16,18)/b3-2+. The van der Waals surface area contributed by atoms with Gasteiger partial charge in [-0.25, -0.2) is 4.98 Å². The summed E-state index contributed by atoms with van der Waals surface area (Å²) in [6.45, 7) is 0.840. The predicted octanol–water partition coefficient (Wildman–Crippen LogP) is 1.98. The molecule has 1 amide bonds. The molecule has 0 spiro atoms. The van der Waals surface area contributed by atoms with Crippen LogP contribution in [0.2, 0.25) is 5.15 Å². The Bertz CT molecular complexity index is 427. The van der Waals surface area contributed by atoms with E-state index in [4.69, 9.17) is 16.7 Å². The SMILES string of the molecule is O=C(/C=C/c1ccnc(Cl)c1)NCCSCCCO. The Balaban J connectivity index is 2.20. The molecular formula is C13H17ClN2O2S. The smallest absolute Gasteiger partial charge is 0.244 e. The zero-order valence-corrected chi connectivity index (χ0v) is 12.1. The van der Waals surface area contributed by atoms with Crippen molar-refractivity contribution in [1.82, 2.24) is 10.3 Å². The van der Waals surface area contributed by atoms with Crippen molar-refractivity contribution < 1.29 is 9.90 Å². The van der Waals surface area contributed by atoms with Crippen molar-refractivity contribution in [2.75, 3.05) is 24.7 Å². The molecule has 19 heavy (non-hydrogen) atoms. The van der Waals surface area contributed by atoms with E-state index in [0.717, 1.165) is 23.5 Å². The minimum Gasteiger partial charge on any atom is -0.396 e. The summed E-state index contributed by atoms with van der Waals surface area (Å²) in [5.41, 5.74) is 0.840. The largest absolute Gasteiger partial charge is 0.396 e. The lowest BCUT2D eigenvalue weighted by Crippen LogP contribution is -2.23. The fourth-order valence-corrected chi connectivity index (χ4v) is 2.23. The predicted molar refractivity (Wildman–Crippen MR) is 80.3 cm³/mol. The van der Waals surface area contributed by atoms with Gasteiger partial charge in [-0.05, 0) is 35.9 Å². The number of thioether (sulfide) groups is 1. The monoisotopic (exact) mass is 300 g/mol. The summed E-state index contributed by atoms with van der Waals surface area (Å²) < 4.78 is 0. The Morgan fingerprint density at radius 1 is 1.53 bits per heavy atom. The minimum absolute atomic E-state index is 0.129. The Morgan fingerprint density at radius 3 is 3.11 bits per heavy atom. The maximum Gasteiger partial charge on any atom is 0.244 e. The third-order valence-corrected chi connectivity index (χ3v) is 3.45. The van der Waals surface area contributed by atoms with Gasteiger partial charge in [0, 0.05) is 31.2 Å². The molecule has 1 rings (SSSR count). The summed E-state index contributed by atoms with van der Waals surface area (Å²) in [6.07, 6.45) is 5.56. The van der Waals surface area contributed by atoms with Gasteiger partial charge in [0.1, 0.15) is 5.15 Å². The van der Waals surface area contributed by atoms with Gasteiger partial charge in [0.15, 0.2) is 0 Å². The maximum atomic E-state index is 11.5. The first-order chi connectivity index (χ1) is 9.22. The highest BCUT2D eigenvalue weighted by molar-refractivity contribution is 7.99. The van der Waals surface area contributed by atoms with E-state index in [2.05, 4.69) is 10.3 Å². The topological polar surface area (TPSA) is 62.2 Å². The van der Waals surface area contributed by atoms with Crippen LogP contribution >= 0.6 is 23.4 Å². The number of hydrogen-bond acceptors (Lipinski definition) is 4. The van der Waals surface area contributed by atoms with Gasteiger partial charge in [-0.3, -0.25) is 4.79 Å².